The van der Waals surface area contributed by atoms with Crippen LogP contribution in [0.15, 0.2) is 22.7 Å². The van der Waals surface area contributed by atoms with Gasteiger partial charge in [0.25, 0.3) is 0 Å². The summed E-state index contributed by atoms with van der Waals surface area (Å²) in [5.74, 6) is 0.0850. The number of nitrogens with zero attached hydrogens (tertiary/aromatic N) is 1. The molecule has 0 radical (unpaired) electrons. The van der Waals surface area contributed by atoms with E-state index in [1.54, 1.807) is 21.0 Å². The number of likely N-dealkylation sites (tertiary alicyclic amines) is 1. The zero-order valence-corrected chi connectivity index (χ0v) is 12.7. The highest BCUT2D eigenvalue weighted by Gasteiger charge is 2.41. The standard InChI is InChI=1S/C14H16BrNO3/c1-8-9(2)14(18)16(13(8)17)7-10-4-5-12(19-3)11(15)6-10/h4-6,8-9H,7H2,1-3H3. The van der Waals surface area contributed by atoms with Crippen LogP contribution in [0.5, 0.6) is 5.75 Å². The molecule has 1 aliphatic rings. The summed E-state index contributed by atoms with van der Waals surface area (Å²) >= 11 is 3.40. The second-order valence-corrected chi connectivity index (χ2v) is 5.66. The SMILES string of the molecule is COc1ccc(CN2C(=O)C(C)C(C)C2=O)cc1Br. The Morgan fingerprint density at radius 3 is 2.26 bits per heavy atom. The summed E-state index contributed by atoms with van der Waals surface area (Å²) in [6, 6.07) is 5.54. The van der Waals surface area contributed by atoms with Crippen LogP contribution >= 0.6 is 15.9 Å². The highest BCUT2D eigenvalue weighted by molar-refractivity contribution is 9.10. The molecule has 19 heavy (non-hydrogen) atoms. The summed E-state index contributed by atoms with van der Waals surface area (Å²) < 4.78 is 5.96. The minimum atomic E-state index is -0.228. The molecule has 2 atom stereocenters. The Bertz CT molecular complexity index is 509. The molecule has 1 aromatic carbocycles. The molecule has 2 rings (SSSR count). The van der Waals surface area contributed by atoms with Crippen molar-refractivity contribution in [2.45, 2.75) is 20.4 Å². The van der Waals surface area contributed by atoms with Crippen LogP contribution < -0.4 is 4.74 Å². The van der Waals surface area contributed by atoms with Gasteiger partial charge in [-0.3, -0.25) is 14.5 Å². The van der Waals surface area contributed by atoms with Crippen molar-refractivity contribution in [3.05, 3.63) is 28.2 Å². The van der Waals surface area contributed by atoms with Gasteiger partial charge in [0.05, 0.1) is 18.1 Å². The molecule has 1 fully saturated rings. The first-order valence-corrected chi connectivity index (χ1v) is 6.92. The molecule has 1 saturated heterocycles. The lowest BCUT2D eigenvalue weighted by Crippen LogP contribution is -2.30. The van der Waals surface area contributed by atoms with E-state index in [9.17, 15) is 9.59 Å². The molecule has 4 nitrogen and oxygen atoms in total. The number of halogens is 1. The highest BCUT2D eigenvalue weighted by Crippen LogP contribution is 2.29. The third-order valence-corrected chi connectivity index (χ3v) is 4.24. The molecule has 2 amide bonds. The Morgan fingerprint density at radius 2 is 1.79 bits per heavy atom. The lowest BCUT2D eigenvalue weighted by atomic mass is 10.00. The van der Waals surface area contributed by atoms with Crippen LogP contribution in [0, 0.1) is 11.8 Å². The zero-order chi connectivity index (χ0) is 14.2. The van der Waals surface area contributed by atoms with Gasteiger partial charge in [-0.15, -0.1) is 0 Å². The van der Waals surface area contributed by atoms with Crippen LogP contribution in [0.25, 0.3) is 0 Å². The molecule has 1 heterocycles. The van der Waals surface area contributed by atoms with Crippen molar-refractivity contribution >= 4 is 27.7 Å². The van der Waals surface area contributed by atoms with Crippen LogP contribution in [-0.2, 0) is 16.1 Å². The lowest BCUT2D eigenvalue weighted by Gasteiger charge is -2.15. The number of methoxy groups -OCH3 is 1. The molecule has 1 aromatic rings. The van der Waals surface area contributed by atoms with Gasteiger partial charge in [-0.25, -0.2) is 0 Å². The van der Waals surface area contributed by atoms with Crippen LogP contribution in [-0.4, -0.2) is 23.8 Å². The molecule has 102 valence electrons. The normalized spacial score (nSPS) is 23.1. The average Bonchev–Trinajstić information content (AvgIpc) is 2.57. The summed E-state index contributed by atoms with van der Waals surface area (Å²) in [6.07, 6.45) is 0. The van der Waals surface area contributed by atoms with Crippen molar-refractivity contribution in [1.29, 1.82) is 0 Å². The molecule has 0 spiro atoms. The number of rotatable bonds is 3. The predicted molar refractivity (Wildman–Crippen MR) is 74.6 cm³/mol. The van der Waals surface area contributed by atoms with Crippen molar-refractivity contribution in [3.8, 4) is 5.75 Å². The van der Waals surface area contributed by atoms with Crippen molar-refractivity contribution in [1.82, 2.24) is 4.90 Å². The first kappa shape index (κ1) is 14.1. The van der Waals surface area contributed by atoms with Crippen molar-refractivity contribution in [2.24, 2.45) is 11.8 Å². The lowest BCUT2D eigenvalue weighted by molar-refractivity contribution is -0.140. The van der Waals surface area contributed by atoms with E-state index in [0.717, 1.165) is 15.8 Å². The Balaban J connectivity index is 2.20. The first-order chi connectivity index (χ1) is 8.95. The fraction of sp³-hybridized carbons (Fsp3) is 0.429. The van der Waals surface area contributed by atoms with Gasteiger partial charge in [0.2, 0.25) is 11.8 Å². The fourth-order valence-corrected chi connectivity index (χ4v) is 2.76. The number of imide groups is 1. The summed E-state index contributed by atoms with van der Waals surface area (Å²) in [5.41, 5.74) is 0.899. The van der Waals surface area contributed by atoms with Crippen LogP contribution in [0.2, 0.25) is 0 Å². The number of carbonyl (C=O) groups excluding carboxylic acids is 2. The maximum atomic E-state index is 12.0. The largest absolute Gasteiger partial charge is 0.496 e. The Hall–Kier alpha value is -1.36. The monoisotopic (exact) mass is 325 g/mol. The van der Waals surface area contributed by atoms with Crippen LogP contribution in [0.1, 0.15) is 19.4 Å². The molecular weight excluding hydrogens is 310 g/mol. The van der Waals surface area contributed by atoms with Gasteiger partial charge >= 0.3 is 0 Å². The molecule has 2 unspecified atom stereocenters. The van der Waals surface area contributed by atoms with Crippen LogP contribution in [0.3, 0.4) is 0 Å². The Morgan fingerprint density at radius 1 is 1.21 bits per heavy atom. The third kappa shape index (κ3) is 2.52. The number of benzene rings is 1. The summed E-state index contributed by atoms with van der Waals surface area (Å²) in [5, 5.41) is 0. The van der Waals surface area contributed by atoms with Gasteiger partial charge in [-0.1, -0.05) is 19.9 Å². The van der Waals surface area contributed by atoms with E-state index in [0.29, 0.717) is 6.54 Å². The third-order valence-electron chi connectivity index (χ3n) is 3.62. The number of amides is 2. The molecule has 0 N–H and O–H groups in total. The number of hydrogen-bond donors (Lipinski definition) is 0. The van der Waals surface area contributed by atoms with Gasteiger partial charge in [0, 0.05) is 11.8 Å². The van der Waals surface area contributed by atoms with Crippen LogP contribution in [0.4, 0.5) is 0 Å². The quantitative estimate of drug-likeness (QED) is 0.802. The van der Waals surface area contributed by atoms with Gasteiger partial charge < -0.3 is 4.74 Å². The summed E-state index contributed by atoms with van der Waals surface area (Å²) in [4.78, 5) is 25.4. The molecule has 1 aliphatic heterocycles. The zero-order valence-electron chi connectivity index (χ0n) is 11.1. The van der Waals surface area contributed by atoms with E-state index in [1.807, 2.05) is 18.2 Å². The molecule has 0 aromatic heterocycles. The van der Waals surface area contributed by atoms with Gasteiger partial charge in [0.1, 0.15) is 5.75 Å². The molecule has 0 bridgehead atoms. The molecule has 5 heteroatoms. The fourth-order valence-electron chi connectivity index (χ4n) is 2.17. The van der Waals surface area contributed by atoms with E-state index in [4.69, 9.17) is 4.74 Å². The van der Waals surface area contributed by atoms with Crippen molar-refractivity contribution < 1.29 is 14.3 Å². The van der Waals surface area contributed by atoms with Gasteiger partial charge in [-0.2, -0.15) is 0 Å². The molecule has 0 aliphatic carbocycles. The van der Waals surface area contributed by atoms with E-state index >= 15 is 0 Å². The second-order valence-electron chi connectivity index (χ2n) is 4.81. The second kappa shape index (κ2) is 5.33. The molecular formula is C14H16BrNO3. The number of hydrogen-bond acceptors (Lipinski definition) is 3. The van der Waals surface area contributed by atoms with Gasteiger partial charge in [-0.05, 0) is 33.6 Å². The minimum Gasteiger partial charge on any atom is -0.496 e. The highest BCUT2D eigenvalue weighted by atomic mass is 79.9. The topological polar surface area (TPSA) is 46.6 Å². The van der Waals surface area contributed by atoms with E-state index < -0.39 is 0 Å². The van der Waals surface area contributed by atoms with E-state index in [-0.39, 0.29) is 23.7 Å². The number of ether oxygens (including phenoxy) is 1. The number of carbonyl (C=O) groups is 2. The maximum Gasteiger partial charge on any atom is 0.233 e. The summed E-state index contributed by atoms with van der Waals surface area (Å²) in [7, 11) is 1.59. The van der Waals surface area contributed by atoms with Crippen molar-refractivity contribution in [3.63, 3.8) is 0 Å². The van der Waals surface area contributed by atoms with Gasteiger partial charge in [0.15, 0.2) is 0 Å². The Kier molecular flexibility index (Phi) is 3.94. The smallest absolute Gasteiger partial charge is 0.233 e. The average molecular weight is 326 g/mol. The van der Waals surface area contributed by atoms with E-state index in [1.165, 1.54) is 4.90 Å². The first-order valence-electron chi connectivity index (χ1n) is 6.13. The Labute approximate surface area is 120 Å². The van der Waals surface area contributed by atoms with E-state index in [2.05, 4.69) is 15.9 Å². The van der Waals surface area contributed by atoms with Crippen molar-refractivity contribution in [2.75, 3.05) is 7.11 Å². The summed E-state index contributed by atoms with van der Waals surface area (Å²) in [6.45, 7) is 3.92. The molecule has 0 saturated carbocycles. The maximum absolute atomic E-state index is 12.0. The minimum absolute atomic E-state index is 0.0931. The predicted octanol–water partition coefficient (Wildman–Crippen LogP) is 2.60.